The van der Waals surface area contributed by atoms with Crippen LogP contribution in [-0.2, 0) is 24.2 Å². The second kappa shape index (κ2) is 8.82. The third-order valence-electron chi connectivity index (χ3n) is 5.38. The number of aromatic nitrogens is 1. The third kappa shape index (κ3) is 4.59. The van der Waals surface area contributed by atoms with Crippen LogP contribution in [0.5, 0.6) is 0 Å². The summed E-state index contributed by atoms with van der Waals surface area (Å²) in [6.45, 7) is 1.79. The largest absolute Gasteiger partial charge is 0.357 e. The number of nitrogens with zero attached hydrogens (tertiary/aromatic N) is 1. The van der Waals surface area contributed by atoms with Gasteiger partial charge in [0.2, 0.25) is 5.91 Å². The highest BCUT2D eigenvalue weighted by Gasteiger charge is 2.23. The molecule has 29 heavy (non-hydrogen) atoms. The molecule has 1 aromatic heterocycles. The van der Waals surface area contributed by atoms with E-state index in [0.717, 1.165) is 30.5 Å². The van der Waals surface area contributed by atoms with Gasteiger partial charge in [-0.3, -0.25) is 4.79 Å². The molecule has 0 spiro atoms. The molecular formula is C23H26N4O2. The van der Waals surface area contributed by atoms with Crippen LogP contribution in [0.15, 0.2) is 54.6 Å². The molecule has 0 radical (unpaired) electrons. The number of aromatic amines is 1. The van der Waals surface area contributed by atoms with Crippen LogP contribution in [0, 0.1) is 0 Å². The van der Waals surface area contributed by atoms with Crippen LogP contribution < -0.4 is 10.6 Å². The standard InChI is InChI=1S/C23H26N4O2/c28-22(24-13-6-9-17-7-2-1-3-8-17)15-25-23(29)27-14-12-19-18-10-4-5-11-20(18)26-21(19)16-27/h1-5,7-8,10-11,26H,6,9,12-16H2,(H,24,28)(H,25,29). The number of hydrogen-bond donors (Lipinski definition) is 3. The van der Waals surface area contributed by atoms with E-state index in [2.05, 4.69) is 39.9 Å². The first-order valence-corrected chi connectivity index (χ1v) is 10.1. The second-order valence-corrected chi connectivity index (χ2v) is 7.40. The van der Waals surface area contributed by atoms with Crippen LogP contribution in [-0.4, -0.2) is 41.5 Å². The van der Waals surface area contributed by atoms with Crippen molar-refractivity contribution >= 4 is 22.8 Å². The minimum Gasteiger partial charge on any atom is -0.357 e. The van der Waals surface area contributed by atoms with Crippen molar-refractivity contribution in [2.24, 2.45) is 0 Å². The summed E-state index contributed by atoms with van der Waals surface area (Å²) in [5.74, 6) is -0.158. The minimum absolute atomic E-state index is 0.000227. The Kier molecular flexibility index (Phi) is 5.79. The molecule has 3 N–H and O–H groups in total. The van der Waals surface area contributed by atoms with Crippen molar-refractivity contribution in [1.29, 1.82) is 0 Å². The molecule has 2 heterocycles. The molecule has 0 saturated carbocycles. The third-order valence-corrected chi connectivity index (χ3v) is 5.38. The molecule has 6 heteroatoms. The van der Waals surface area contributed by atoms with E-state index in [9.17, 15) is 9.59 Å². The highest BCUT2D eigenvalue weighted by atomic mass is 16.2. The first-order valence-electron chi connectivity index (χ1n) is 10.1. The van der Waals surface area contributed by atoms with E-state index in [1.165, 1.54) is 16.5 Å². The van der Waals surface area contributed by atoms with Crippen molar-refractivity contribution in [3.05, 3.63) is 71.4 Å². The molecule has 2 aromatic carbocycles. The van der Waals surface area contributed by atoms with Gasteiger partial charge in [0.05, 0.1) is 13.1 Å². The van der Waals surface area contributed by atoms with Gasteiger partial charge in [-0.1, -0.05) is 48.5 Å². The highest BCUT2D eigenvalue weighted by Crippen LogP contribution is 2.27. The molecule has 3 amide bonds. The van der Waals surface area contributed by atoms with E-state index in [0.29, 0.717) is 19.6 Å². The lowest BCUT2D eigenvalue weighted by Gasteiger charge is -2.27. The number of rotatable bonds is 6. The molecule has 1 aliphatic rings. The zero-order chi connectivity index (χ0) is 20.1. The molecule has 150 valence electrons. The number of benzene rings is 2. The van der Waals surface area contributed by atoms with E-state index in [1.54, 1.807) is 4.90 Å². The normalized spacial score (nSPS) is 13.2. The van der Waals surface area contributed by atoms with E-state index in [1.807, 2.05) is 30.3 Å². The maximum absolute atomic E-state index is 12.5. The Balaban J connectivity index is 1.20. The van der Waals surface area contributed by atoms with Gasteiger partial charge in [0, 0.05) is 29.7 Å². The molecule has 6 nitrogen and oxygen atoms in total. The summed E-state index contributed by atoms with van der Waals surface area (Å²) in [7, 11) is 0. The SMILES string of the molecule is O=C(CNC(=O)N1CCc2c([nH]c3ccccc23)C1)NCCCc1ccccc1. The maximum atomic E-state index is 12.5. The fourth-order valence-electron chi connectivity index (χ4n) is 3.86. The Labute approximate surface area is 170 Å². The number of carbonyl (C=O) groups excluding carboxylic acids is 2. The van der Waals surface area contributed by atoms with Gasteiger partial charge in [0.25, 0.3) is 0 Å². The highest BCUT2D eigenvalue weighted by molar-refractivity contribution is 5.86. The maximum Gasteiger partial charge on any atom is 0.318 e. The molecule has 0 atom stereocenters. The average molecular weight is 390 g/mol. The van der Waals surface area contributed by atoms with Crippen LogP contribution in [0.2, 0.25) is 0 Å². The predicted octanol–water partition coefficient (Wildman–Crippen LogP) is 2.98. The van der Waals surface area contributed by atoms with Crippen molar-refractivity contribution in [2.75, 3.05) is 19.6 Å². The number of aryl methyl sites for hydroxylation is 1. The van der Waals surface area contributed by atoms with E-state index >= 15 is 0 Å². The van der Waals surface area contributed by atoms with Gasteiger partial charge >= 0.3 is 6.03 Å². The summed E-state index contributed by atoms with van der Waals surface area (Å²) in [4.78, 5) is 29.6. The number of nitrogens with one attached hydrogen (secondary N) is 3. The number of hydrogen-bond acceptors (Lipinski definition) is 2. The van der Waals surface area contributed by atoms with E-state index in [4.69, 9.17) is 0 Å². The molecule has 4 rings (SSSR count). The number of urea groups is 1. The summed E-state index contributed by atoms with van der Waals surface area (Å²) in [6, 6.07) is 18.2. The summed E-state index contributed by atoms with van der Waals surface area (Å²) >= 11 is 0. The zero-order valence-electron chi connectivity index (χ0n) is 16.4. The van der Waals surface area contributed by atoms with Crippen molar-refractivity contribution in [3.63, 3.8) is 0 Å². The minimum atomic E-state index is -0.200. The summed E-state index contributed by atoms with van der Waals surface area (Å²) in [5, 5.41) is 6.84. The number of para-hydroxylation sites is 1. The Bertz CT molecular complexity index is 997. The fraction of sp³-hybridized carbons (Fsp3) is 0.304. The van der Waals surface area contributed by atoms with E-state index < -0.39 is 0 Å². The molecule has 0 saturated heterocycles. The fourth-order valence-corrected chi connectivity index (χ4v) is 3.86. The molecule has 0 bridgehead atoms. The van der Waals surface area contributed by atoms with Gasteiger partial charge in [-0.25, -0.2) is 4.79 Å². The quantitative estimate of drug-likeness (QED) is 0.566. The van der Waals surface area contributed by atoms with Crippen LogP contribution in [0.3, 0.4) is 0 Å². The van der Waals surface area contributed by atoms with Crippen LogP contribution >= 0.6 is 0 Å². The predicted molar refractivity (Wildman–Crippen MR) is 114 cm³/mol. The van der Waals surface area contributed by atoms with Crippen molar-refractivity contribution in [3.8, 4) is 0 Å². The molecule has 0 aliphatic carbocycles. The molecular weight excluding hydrogens is 364 g/mol. The number of carbonyl (C=O) groups is 2. The summed E-state index contributed by atoms with van der Waals surface area (Å²) < 4.78 is 0. The zero-order valence-corrected chi connectivity index (χ0v) is 16.4. The lowest BCUT2D eigenvalue weighted by Crippen LogP contribution is -2.46. The molecule has 0 fully saturated rings. The first kappa shape index (κ1) is 19.1. The Morgan fingerprint density at radius 1 is 1.00 bits per heavy atom. The van der Waals surface area contributed by atoms with Gasteiger partial charge in [0.15, 0.2) is 0 Å². The second-order valence-electron chi connectivity index (χ2n) is 7.40. The smallest absolute Gasteiger partial charge is 0.318 e. The molecule has 0 unspecified atom stereocenters. The van der Waals surface area contributed by atoms with Crippen molar-refractivity contribution in [1.82, 2.24) is 20.5 Å². The van der Waals surface area contributed by atoms with Gasteiger partial charge in [-0.05, 0) is 36.5 Å². The number of amides is 3. The number of fused-ring (bicyclic) bond motifs is 3. The Morgan fingerprint density at radius 3 is 2.66 bits per heavy atom. The lowest BCUT2D eigenvalue weighted by molar-refractivity contribution is -0.120. The van der Waals surface area contributed by atoms with Gasteiger partial charge in [0.1, 0.15) is 0 Å². The average Bonchev–Trinajstić information content (AvgIpc) is 3.13. The van der Waals surface area contributed by atoms with Gasteiger partial charge < -0.3 is 20.5 Å². The Hall–Kier alpha value is -3.28. The van der Waals surface area contributed by atoms with Crippen LogP contribution in [0.4, 0.5) is 4.79 Å². The van der Waals surface area contributed by atoms with E-state index in [-0.39, 0.29) is 18.5 Å². The van der Waals surface area contributed by atoms with Gasteiger partial charge in [-0.15, -0.1) is 0 Å². The van der Waals surface area contributed by atoms with Gasteiger partial charge in [-0.2, -0.15) is 0 Å². The van der Waals surface area contributed by atoms with Crippen LogP contribution in [0.1, 0.15) is 23.2 Å². The Morgan fingerprint density at radius 2 is 1.79 bits per heavy atom. The summed E-state index contributed by atoms with van der Waals surface area (Å²) in [6.07, 6.45) is 2.62. The first-order chi connectivity index (χ1) is 14.2. The van der Waals surface area contributed by atoms with Crippen molar-refractivity contribution in [2.45, 2.75) is 25.8 Å². The molecule has 1 aliphatic heterocycles. The number of H-pyrrole nitrogens is 1. The van der Waals surface area contributed by atoms with Crippen LogP contribution in [0.25, 0.3) is 10.9 Å². The lowest BCUT2D eigenvalue weighted by atomic mass is 10.0. The summed E-state index contributed by atoms with van der Waals surface area (Å²) in [5.41, 5.74) is 4.74. The molecule has 3 aromatic rings. The monoisotopic (exact) mass is 390 g/mol. The van der Waals surface area contributed by atoms with Crippen molar-refractivity contribution < 1.29 is 9.59 Å². The topological polar surface area (TPSA) is 77.2 Å².